The van der Waals surface area contributed by atoms with Crippen molar-refractivity contribution in [3.8, 4) is 11.6 Å². The van der Waals surface area contributed by atoms with Gasteiger partial charge in [-0.25, -0.2) is 9.97 Å². The summed E-state index contributed by atoms with van der Waals surface area (Å²) >= 11 is 0. The third kappa shape index (κ3) is 4.67. The van der Waals surface area contributed by atoms with E-state index in [4.69, 9.17) is 14.2 Å². The summed E-state index contributed by atoms with van der Waals surface area (Å²) in [6, 6.07) is 13.9. The highest BCUT2D eigenvalue weighted by atomic mass is 16.5. The van der Waals surface area contributed by atoms with Crippen LogP contribution in [0, 0.1) is 13.8 Å². The molecule has 0 aliphatic heterocycles. The van der Waals surface area contributed by atoms with Crippen molar-refractivity contribution < 1.29 is 14.2 Å². The predicted octanol–water partition coefficient (Wildman–Crippen LogP) is 3.72. The molecule has 0 saturated carbocycles. The highest BCUT2D eigenvalue weighted by Crippen LogP contribution is 2.20. The van der Waals surface area contributed by atoms with Gasteiger partial charge in [0.25, 0.3) is 0 Å². The van der Waals surface area contributed by atoms with Gasteiger partial charge in [0.1, 0.15) is 25.3 Å². The van der Waals surface area contributed by atoms with Crippen molar-refractivity contribution in [1.29, 1.82) is 0 Å². The second-order valence-corrected chi connectivity index (χ2v) is 5.77. The largest absolute Gasteiger partial charge is 0.491 e. The van der Waals surface area contributed by atoms with Crippen LogP contribution in [0.1, 0.15) is 11.1 Å². The van der Waals surface area contributed by atoms with Gasteiger partial charge >= 0.3 is 0 Å². The Morgan fingerprint density at radius 3 is 2.48 bits per heavy atom. The number of para-hydroxylation sites is 1. The molecule has 25 heavy (non-hydrogen) atoms. The molecule has 0 saturated heterocycles. The highest BCUT2D eigenvalue weighted by Gasteiger charge is 2.04. The van der Waals surface area contributed by atoms with E-state index in [9.17, 15) is 0 Å². The predicted molar refractivity (Wildman–Crippen MR) is 97.3 cm³/mol. The fraction of sp³-hybridized carbons (Fsp3) is 0.300. The molecule has 0 spiro atoms. The summed E-state index contributed by atoms with van der Waals surface area (Å²) < 4.78 is 17.0. The number of benzene rings is 2. The molecule has 0 unspecified atom stereocenters. The van der Waals surface area contributed by atoms with Crippen LogP contribution < -0.4 is 9.47 Å². The van der Waals surface area contributed by atoms with Crippen molar-refractivity contribution >= 4 is 10.9 Å². The zero-order valence-corrected chi connectivity index (χ0v) is 14.6. The second-order valence-electron chi connectivity index (χ2n) is 5.77. The van der Waals surface area contributed by atoms with E-state index in [1.54, 1.807) is 0 Å². The second kappa shape index (κ2) is 8.44. The summed E-state index contributed by atoms with van der Waals surface area (Å²) in [5, 5.41) is 0.906. The van der Waals surface area contributed by atoms with Gasteiger partial charge in [-0.05, 0) is 37.6 Å². The molecule has 0 N–H and O–H groups in total. The third-order valence-electron chi connectivity index (χ3n) is 3.79. The summed E-state index contributed by atoms with van der Waals surface area (Å²) in [4.78, 5) is 8.40. The Bertz CT molecular complexity index is 831. The van der Waals surface area contributed by atoms with Gasteiger partial charge in [0.15, 0.2) is 0 Å². The first kappa shape index (κ1) is 17.2. The number of aromatic nitrogens is 2. The minimum atomic E-state index is 0.435. The van der Waals surface area contributed by atoms with E-state index in [2.05, 4.69) is 23.0 Å². The fourth-order valence-electron chi connectivity index (χ4n) is 2.57. The average molecular weight is 338 g/mol. The number of hydrogen-bond acceptors (Lipinski definition) is 5. The zero-order valence-electron chi connectivity index (χ0n) is 14.6. The van der Waals surface area contributed by atoms with E-state index in [0.29, 0.717) is 32.3 Å². The Morgan fingerprint density at radius 1 is 0.840 bits per heavy atom. The SMILES string of the molecule is Cc1ccc(OCCOCCOc2ncnc3ccccc23)c(C)c1. The van der Waals surface area contributed by atoms with Gasteiger partial charge in [0.2, 0.25) is 5.88 Å². The maximum atomic E-state index is 5.73. The monoisotopic (exact) mass is 338 g/mol. The molecule has 130 valence electrons. The highest BCUT2D eigenvalue weighted by molar-refractivity contribution is 5.82. The van der Waals surface area contributed by atoms with Gasteiger partial charge in [-0.2, -0.15) is 0 Å². The Labute approximate surface area is 147 Å². The number of fused-ring (bicyclic) bond motifs is 1. The molecular weight excluding hydrogens is 316 g/mol. The topological polar surface area (TPSA) is 53.5 Å². The van der Waals surface area contributed by atoms with Gasteiger partial charge < -0.3 is 14.2 Å². The van der Waals surface area contributed by atoms with Crippen molar-refractivity contribution in [2.45, 2.75) is 13.8 Å². The Hall–Kier alpha value is -2.66. The maximum absolute atomic E-state index is 5.73. The van der Waals surface area contributed by atoms with Gasteiger partial charge in [-0.1, -0.05) is 29.8 Å². The first-order valence-electron chi connectivity index (χ1n) is 8.34. The van der Waals surface area contributed by atoms with Crippen LogP contribution in [0.4, 0.5) is 0 Å². The molecule has 0 radical (unpaired) electrons. The molecule has 0 aliphatic rings. The van der Waals surface area contributed by atoms with E-state index >= 15 is 0 Å². The third-order valence-corrected chi connectivity index (χ3v) is 3.79. The number of hydrogen-bond donors (Lipinski definition) is 0. The summed E-state index contributed by atoms with van der Waals surface area (Å²) in [6.45, 7) is 6.06. The number of nitrogens with zero attached hydrogens (tertiary/aromatic N) is 2. The van der Waals surface area contributed by atoms with Crippen LogP contribution in [-0.2, 0) is 4.74 Å². The average Bonchev–Trinajstić information content (AvgIpc) is 2.62. The minimum Gasteiger partial charge on any atom is -0.491 e. The first-order valence-corrected chi connectivity index (χ1v) is 8.34. The number of ether oxygens (including phenoxy) is 3. The van der Waals surface area contributed by atoms with Gasteiger partial charge in [-0.3, -0.25) is 0 Å². The van der Waals surface area contributed by atoms with Crippen molar-refractivity contribution in [3.63, 3.8) is 0 Å². The normalized spacial score (nSPS) is 10.8. The van der Waals surface area contributed by atoms with E-state index in [0.717, 1.165) is 22.2 Å². The van der Waals surface area contributed by atoms with Crippen molar-refractivity contribution in [3.05, 3.63) is 59.9 Å². The lowest BCUT2D eigenvalue weighted by atomic mass is 10.1. The van der Waals surface area contributed by atoms with Crippen LogP contribution in [0.5, 0.6) is 11.6 Å². The molecule has 1 heterocycles. The lowest BCUT2D eigenvalue weighted by Crippen LogP contribution is -2.13. The fourth-order valence-corrected chi connectivity index (χ4v) is 2.57. The van der Waals surface area contributed by atoms with E-state index in [-0.39, 0.29) is 0 Å². The quantitative estimate of drug-likeness (QED) is 0.586. The molecule has 0 amide bonds. The van der Waals surface area contributed by atoms with Crippen molar-refractivity contribution in [2.24, 2.45) is 0 Å². The number of rotatable bonds is 8. The van der Waals surface area contributed by atoms with Crippen LogP contribution >= 0.6 is 0 Å². The molecule has 5 nitrogen and oxygen atoms in total. The Kier molecular flexibility index (Phi) is 5.80. The summed E-state index contributed by atoms with van der Waals surface area (Å²) in [5.74, 6) is 1.48. The van der Waals surface area contributed by atoms with E-state index in [1.807, 2.05) is 43.3 Å². The van der Waals surface area contributed by atoms with Crippen molar-refractivity contribution in [2.75, 3.05) is 26.4 Å². The molecule has 5 heteroatoms. The summed E-state index contributed by atoms with van der Waals surface area (Å²) in [7, 11) is 0. The van der Waals surface area contributed by atoms with Crippen LogP contribution in [-0.4, -0.2) is 36.4 Å². The molecule has 3 rings (SSSR count). The standard InChI is InChI=1S/C20H22N2O3/c1-15-7-8-19(16(2)13-15)24-11-9-23-10-12-25-20-17-5-3-4-6-18(17)21-14-22-20/h3-8,13-14H,9-12H2,1-2H3. The molecule has 0 aliphatic carbocycles. The van der Waals surface area contributed by atoms with Crippen LogP contribution in [0.2, 0.25) is 0 Å². The maximum Gasteiger partial charge on any atom is 0.224 e. The molecule has 0 atom stereocenters. The van der Waals surface area contributed by atoms with E-state index < -0.39 is 0 Å². The lowest BCUT2D eigenvalue weighted by Gasteiger charge is -2.11. The Morgan fingerprint density at radius 2 is 1.64 bits per heavy atom. The summed E-state index contributed by atoms with van der Waals surface area (Å²) in [6.07, 6.45) is 1.51. The molecule has 0 bridgehead atoms. The molecular formula is C20H22N2O3. The zero-order chi connectivity index (χ0) is 17.5. The molecule has 1 aromatic heterocycles. The smallest absolute Gasteiger partial charge is 0.224 e. The first-order chi connectivity index (χ1) is 12.2. The summed E-state index contributed by atoms with van der Waals surface area (Å²) in [5.41, 5.74) is 3.24. The minimum absolute atomic E-state index is 0.435. The van der Waals surface area contributed by atoms with Crippen molar-refractivity contribution in [1.82, 2.24) is 9.97 Å². The molecule has 0 fully saturated rings. The van der Waals surface area contributed by atoms with Gasteiger partial charge in [0, 0.05) is 0 Å². The molecule has 3 aromatic rings. The van der Waals surface area contributed by atoms with Crippen LogP contribution in [0.25, 0.3) is 10.9 Å². The van der Waals surface area contributed by atoms with E-state index in [1.165, 1.54) is 11.9 Å². The van der Waals surface area contributed by atoms with Gasteiger partial charge in [0.05, 0.1) is 24.1 Å². The van der Waals surface area contributed by atoms with Gasteiger partial charge in [-0.15, -0.1) is 0 Å². The molecule has 2 aromatic carbocycles. The lowest BCUT2D eigenvalue weighted by molar-refractivity contribution is 0.0755. The van der Waals surface area contributed by atoms with Crippen LogP contribution in [0.15, 0.2) is 48.8 Å². The van der Waals surface area contributed by atoms with Crippen LogP contribution in [0.3, 0.4) is 0 Å². The number of aryl methyl sites for hydroxylation is 2. The Balaban J connectivity index is 1.37.